The highest BCUT2D eigenvalue weighted by atomic mass is 16.4. The Morgan fingerprint density at radius 2 is 2.32 bits per heavy atom. The summed E-state index contributed by atoms with van der Waals surface area (Å²) in [4.78, 5) is 16.1. The summed E-state index contributed by atoms with van der Waals surface area (Å²) < 4.78 is 6.77. The Labute approximate surface area is 110 Å². The number of nitrogens with one attached hydrogen (secondary N) is 1. The highest BCUT2D eigenvalue weighted by Gasteiger charge is 2.19. The van der Waals surface area contributed by atoms with Crippen LogP contribution in [0.5, 0.6) is 0 Å². The second-order valence-corrected chi connectivity index (χ2v) is 4.23. The summed E-state index contributed by atoms with van der Waals surface area (Å²) in [5, 5.41) is 6.91. The molecule has 0 atom stereocenters. The summed E-state index contributed by atoms with van der Waals surface area (Å²) >= 11 is 0. The van der Waals surface area contributed by atoms with E-state index in [1.165, 1.54) is 4.68 Å². The minimum atomic E-state index is -0.289. The van der Waals surface area contributed by atoms with Gasteiger partial charge in [-0.3, -0.25) is 9.48 Å². The third kappa shape index (κ3) is 2.59. The number of carbonyl (C=O) groups is 1. The van der Waals surface area contributed by atoms with E-state index in [0.29, 0.717) is 29.5 Å². The molecular weight excluding hydrogens is 246 g/mol. The topological polar surface area (TPSA) is 99.0 Å². The van der Waals surface area contributed by atoms with Crippen LogP contribution in [0.3, 0.4) is 0 Å². The highest BCUT2D eigenvalue weighted by Crippen LogP contribution is 2.16. The van der Waals surface area contributed by atoms with E-state index in [4.69, 9.17) is 10.2 Å². The Balaban J connectivity index is 2.10. The fourth-order valence-electron chi connectivity index (χ4n) is 1.85. The van der Waals surface area contributed by atoms with Gasteiger partial charge in [0.2, 0.25) is 5.89 Å². The van der Waals surface area contributed by atoms with Crippen molar-refractivity contribution in [1.82, 2.24) is 20.1 Å². The third-order valence-corrected chi connectivity index (χ3v) is 2.78. The number of aryl methyl sites for hydroxylation is 3. The van der Waals surface area contributed by atoms with Crippen molar-refractivity contribution in [2.45, 2.75) is 26.8 Å². The summed E-state index contributed by atoms with van der Waals surface area (Å²) in [7, 11) is 1.69. The molecule has 0 radical (unpaired) electrons. The van der Waals surface area contributed by atoms with Crippen LogP contribution in [-0.4, -0.2) is 20.7 Å². The number of nitrogens with zero attached hydrogens (tertiary/aromatic N) is 3. The van der Waals surface area contributed by atoms with Gasteiger partial charge in [-0.15, -0.1) is 0 Å². The maximum absolute atomic E-state index is 12.1. The van der Waals surface area contributed by atoms with Crippen LogP contribution in [0, 0.1) is 6.92 Å². The van der Waals surface area contributed by atoms with Crippen molar-refractivity contribution in [2.24, 2.45) is 7.05 Å². The highest BCUT2D eigenvalue weighted by molar-refractivity contribution is 5.97. The minimum Gasteiger partial charge on any atom is -0.444 e. The number of anilines is 1. The maximum Gasteiger partial charge on any atom is 0.272 e. The molecule has 0 bridgehead atoms. The Morgan fingerprint density at radius 1 is 1.58 bits per heavy atom. The van der Waals surface area contributed by atoms with E-state index in [9.17, 15) is 4.79 Å². The summed E-state index contributed by atoms with van der Waals surface area (Å²) in [5.41, 5.74) is 7.41. The monoisotopic (exact) mass is 263 g/mol. The van der Waals surface area contributed by atoms with Gasteiger partial charge >= 0.3 is 0 Å². The van der Waals surface area contributed by atoms with E-state index in [1.54, 1.807) is 20.2 Å². The molecule has 0 fully saturated rings. The van der Waals surface area contributed by atoms with Gasteiger partial charge in [0.25, 0.3) is 5.91 Å². The zero-order valence-corrected chi connectivity index (χ0v) is 11.2. The zero-order chi connectivity index (χ0) is 14.0. The lowest BCUT2D eigenvalue weighted by molar-refractivity contribution is 0.0938. The molecular formula is C12H17N5O2. The van der Waals surface area contributed by atoms with Crippen molar-refractivity contribution in [1.29, 1.82) is 0 Å². The van der Waals surface area contributed by atoms with Crippen molar-refractivity contribution in [3.8, 4) is 0 Å². The van der Waals surface area contributed by atoms with Gasteiger partial charge in [-0.1, -0.05) is 6.92 Å². The van der Waals surface area contributed by atoms with Crippen LogP contribution in [0.15, 0.2) is 10.6 Å². The van der Waals surface area contributed by atoms with E-state index in [1.807, 2.05) is 6.92 Å². The Morgan fingerprint density at radius 3 is 2.84 bits per heavy atom. The standard InChI is InChI=1S/C12H17N5O2/c1-4-8-10(13)11(17(3)16-8)12(18)15-6-9-14-5-7(2)19-9/h5H,4,6,13H2,1-3H3,(H,15,18). The van der Waals surface area contributed by atoms with Crippen LogP contribution >= 0.6 is 0 Å². The number of rotatable bonds is 4. The molecule has 7 heteroatoms. The van der Waals surface area contributed by atoms with E-state index < -0.39 is 0 Å². The fraction of sp³-hybridized carbons (Fsp3) is 0.417. The van der Waals surface area contributed by atoms with Crippen molar-refractivity contribution < 1.29 is 9.21 Å². The molecule has 2 aromatic rings. The van der Waals surface area contributed by atoms with Crippen molar-refractivity contribution >= 4 is 11.6 Å². The number of amides is 1. The van der Waals surface area contributed by atoms with E-state index in [2.05, 4.69) is 15.4 Å². The minimum absolute atomic E-state index is 0.221. The number of hydrogen-bond donors (Lipinski definition) is 2. The summed E-state index contributed by atoms with van der Waals surface area (Å²) in [5.74, 6) is 0.878. The number of nitrogen functional groups attached to an aromatic ring is 1. The lowest BCUT2D eigenvalue weighted by Gasteiger charge is -2.04. The van der Waals surface area contributed by atoms with Crippen LogP contribution in [0.4, 0.5) is 5.69 Å². The number of aromatic nitrogens is 3. The van der Waals surface area contributed by atoms with Gasteiger partial charge < -0.3 is 15.5 Å². The molecule has 0 aliphatic rings. The van der Waals surface area contributed by atoms with Crippen LogP contribution in [0.2, 0.25) is 0 Å². The molecule has 0 saturated heterocycles. The maximum atomic E-state index is 12.1. The van der Waals surface area contributed by atoms with Crippen LogP contribution in [0.1, 0.15) is 34.8 Å². The van der Waals surface area contributed by atoms with Gasteiger partial charge in [0, 0.05) is 7.05 Å². The van der Waals surface area contributed by atoms with E-state index >= 15 is 0 Å². The third-order valence-electron chi connectivity index (χ3n) is 2.78. The second kappa shape index (κ2) is 5.13. The quantitative estimate of drug-likeness (QED) is 0.849. The number of nitrogens with two attached hydrogens (primary N) is 1. The Hall–Kier alpha value is -2.31. The normalized spacial score (nSPS) is 10.7. The van der Waals surface area contributed by atoms with Gasteiger partial charge in [0.1, 0.15) is 11.5 Å². The van der Waals surface area contributed by atoms with Gasteiger partial charge in [-0.2, -0.15) is 5.10 Å². The first-order chi connectivity index (χ1) is 9.02. The number of oxazole rings is 1. The van der Waals surface area contributed by atoms with Gasteiger partial charge in [-0.05, 0) is 13.3 Å². The van der Waals surface area contributed by atoms with Crippen molar-refractivity contribution in [2.75, 3.05) is 5.73 Å². The zero-order valence-electron chi connectivity index (χ0n) is 11.2. The molecule has 19 heavy (non-hydrogen) atoms. The summed E-state index contributed by atoms with van der Waals surface area (Å²) in [6.45, 7) is 3.96. The SMILES string of the molecule is CCc1nn(C)c(C(=O)NCc2ncc(C)o2)c1N. The molecule has 0 saturated carbocycles. The molecule has 2 heterocycles. The average Bonchev–Trinajstić information content (AvgIpc) is 2.90. The van der Waals surface area contributed by atoms with Gasteiger partial charge in [0.05, 0.1) is 24.1 Å². The molecule has 0 aliphatic carbocycles. The second-order valence-electron chi connectivity index (χ2n) is 4.23. The lowest BCUT2D eigenvalue weighted by Crippen LogP contribution is -2.26. The molecule has 0 spiro atoms. The average molecular weight is 263 g/mol. The molecule has 1 amide bonds. The summed E-state index contributed by atoms with van der Waals surface area (Å²) in [6.07, 6.45) is 2.29. The molecule has 0 unspecified atom stereocenters. The Bertz CT molecular complexity index is 599. The smallest absolute Gasteiger partial charge is 0.272 e. The van der Waals surface area contributed by atoms with Gasteiger partial charge in [0.15, 0.2) is 0 Å². The number of hydrogen-bond acceptors (Lipinski definition) is 5. The van der Waals surface area contributed by atoms with Crippen LogP contribution < -0.4 is 11.1 Å². The first-order valence-electron chi connectivity index (χ1n) is 6.03. The van der Waals surface area contributed by atoms with Gasteiger partial charge in [-0.25, -0.2) is 4.98 Å². The molecule has 0 aliphatic heterocycles. The Kier molecular flexibility index (Phi) is 3.55. The van der Waals surface area contributed by atoms with Crippen molar-refractivity contribution in [3.05, 3.63) is 29.2 Å². The molecule has 3 N–H and O–H groups in total. The number of carbonyl (C=O) groups excluding carboxylic acids is 1. The molecule has 7 nitrogen and oxygen atoms in total. The molecule has 2 aromatic heterocycles. The molecule has 2 rings (SSSR count). The van der Waals surface area contributed by atoms with Crippen molar-refractivity contribution in [3.63, 3.8) is 0 Å². The predicted octanol–water partition coefficient (Wildman–Crippen LogP) is 0.791. The molecule has 0 aromatic carbocycles. The van der Waals surface area contributed by atoms with Crippen LogP contribution in [-0.2, 0) is 20.0 Å². The summed E-state index contributed by atoms with van der Waals surface area (Å²) in [6, 6.07) is 0. The largest absolute Gasteiger partial charge is 0.444 e. The van der Waals surface area contributed by atoms with E-state index in [0.717, 1.165) is 5.69 Å². The predicted molar refractivity (Wildman–Crippen MR) is 69.4 cm³/mol. The van der Waals surface area contributed by atoms with E-state index in [-0.39, 0.29) is 12.5 Å². The first kappa shape index (κ1) is 13.1. The first-order valence-corrected chi connectivity index (χ1v) is 6.03. The fourth-order valence-corrected chi connectivity index (χ4v) is 1.85. The lowest BCUT2D eigenvalue weighted by atomic mass is 10.2. The van der Waals surface area contributed by atoms with Crippen LogP contribution in [0.25, 0.3) is 0 Å². The molecule has 102 valence electrons.